The SMILES string of the molecule is N#Cc1c(F)cc(C2CCC(C3CCC(CCC4CCCC4)CC3)CC2)cc1F. The first-order valence-electron chi connectivity index (χ1n) is 12.0. The van der Waals surface area contributed by atoms with Crippen molar-refractivity contribution in [1.82, 2.24) is 0 Å². The Morgan fingerprint density at radius 3 is 1.72 bits per heavy atom. The van der Waals surface area contributed by atoms with Gasteiger partial charge in [-0.25, -0.2) is 8.78 Å². The largest absolute Gasteiger partial charge is 0.205 e. The van der Waals surface area contributed by atoms with E-state index in [9.17, 15) is 8.78 Å². The molecule has 0 aliphatic heterocycles. The Labute approximate surface area is 174 Å². The molecule has 3 aliphatic carbocycles. The van der Waals surface area contributed by atoms with Gasteiger partial charge in [0.2, 0.25) is 0 Å². The zero-order valence-electron chi connectivity index (χ0n) is 17.6. The molecule has 158 valence electrons. The molecule has 0 saturated heterocycles. The second-order valence-corrected chi connectivity index (χ2v) is 10.1. The van der Waals surface area contributed by atoms with E-state index in [-0.39, 0.29) is 5.92 Å². The van der Waals surface area contributed by atoms with Crippen molar-refractivity contribution >= 4 is 0 Å². The van der Waals surface area contributed by atoms with Crippen molar-refractivity contribution < 1.29 is 8.78 Å². The van der Waals surface area contributed by atoms with Gasteiger partial charge in [-0.2, -0.15) is 5.26 Å². The highest BCUT2D eigenvalue weighted by Crippen LogP contribution is 2.45. The molecule has 29 heavy (non-hydrogen) atoms. The van der Waals surface area contributed by atoms with Gasteiger partial charge in [-0.05, 0) is 85.8 Å². The molecule has 1 nitrogen and oxygen atoms in total. The van der Waals surface area contributed by atoms with Crippen molar-refractivity contribution in [2.45, 2.75) is 95.8 Å². The lowest BCUT2D eigenvalue weighted by Crippen LogP contribution is -2.25. The lowest BCUT2D eigenvalue weighted by molar-refractivity contribution is 0.153. The number of benzene rings is 1. The van der Waals surface area contributed by atoms with Crippen LogP contribution in [0.15, 0.2) is 12.1 Å². The summed E-state index contributed by atoms with van der Waals surface area (Å²) >= 11 is 0. The number of hydrogen-bond acceptors (Lipinski definition) is 1. The summed E-state index contributed by atoms with van der Waals surface area (Å²) in [5, 5.41) is 8.86. The summed E-state index contributed by atoms with van der Waals surface area (Å²) in [6, 6.07) is 4.40. The summed E-state index contributed by atoms with van der Waals surface area (Å²) in [4.78, 5) is 0. The van der Waals surface area contributed by atoms with Crippen LogP contribution < -0.4 is 0 Å². The van der Waals surface area contributed by atoms with E-state index in [1.54, 1.807) is 6.07 Å². The van der Waals surface area contributed by atoms with Gasteiger partial charge in [0, 0.05) is 0 Å². The van der Waals surface area contributed by atoms with Crippen molar-refractivity contribution in [3.8, 4) is 6.07 Å². The van der Waals surface area contributed by atoms with Crippen LogP contribution in [0.5, 0.6) is 0 Å². The molecule has 0 amide bonds. The van der Waals surface area contributed by atoms with Gasteiger partial charge in [0.15, 0.2) is 0 Å². The van der Waals surface area contributed by atoms with Crippen LogP contribution in [0.2, 0.25) is 0 Å². The average molecular weight is 400 g/mol. The molecule has 0 radical (unpaired) electrons. The van der Waals surface area contributed by atoms with Crippen molar-refractivity contribution in [1.29, 1.82) is 5.26 Å². The molecule has 0 atom stereocenters. The number of hydrogen-bond donors (Lipinski definition) is 0. The molecule has 3 saturated carbocycles. The molecule has 3 aliphatic rings. The second-order valence-electron chi connectivity index (χ2n) is 10.1. The minimum absolute atomic E-state index is 0.241. The Balaban J connectivity index is 1.23. The fraction of sp³-hybridized carbons (Fsp3) is 0.731. The van der Waals surface area contributed by atoms with Crippen LogP contribution in [-0.4, -0.2) is 0 Å². The van der Waals surface area contributed by atoms with Gasteiger partial charge in [-0.1, -0.05) is 51.4 Å². The Morgan fingerprint density at radius 2 is 1.21 bits per heavy atom. The smallest absolute Gasteiger partial charge is 0.144 e. The molecule has 0 unspecified atom stereocenters. The summed E-state index contributed by atoms with van der Waals surface area (Å²) in [5.41, 5.74) is 0.292. The third kappa shape index (κ3) is 5.01. The molecule has 0 N–H and O–H groups in total. The van der Waals surface area contributed by atoms with Gasteiger partial charge in [-0.15, -0.1) is 0 Å². The van der Waals surface area contributed by atoms with Crippen molar-refractivity contribution in [2.75, 3.05) is 0 Å². The first kappa shape index (κ1) is 20.8. The topological polar surface area (TPSA) is 23.8 Å². The summed E-state index contributed by atoms with van der Waals surface area (Å²) in [7, 11) is 0. The van der Waals surface area contributed by atoms with E-state index in [2.05, 4.69) is 0 Å². The summed E-state index contributed by atoms with van der Waals surface area (Å²) in [6.07, 6.45) is 18.9. The van der Waals surface area contributed by atoms with Crippen molar-refractivity contribution in [2.24, 2.45) is 23.7 Å². The second kappa shape index (κ2) is 9.59. The summed E-state index contributed by atoms with van der Waals surface area (Å²) in [5.74, 6) is 2.49. The molecule has 3 fully saturated rings. The molecule has 0 aromatic heterocycles. The monoisotopic (exact) mass is 399 g/mol. The molecule has 0 heterocycles. The van der Waals surface area contributed by atoms with Crippen LogP contribution in [0.1, 0.15) is 107 Å². The van der Waals surface area contributed by atoms with Gasteiger partial charge < -0.3 is 0 Å². The third-order valence-electron chi connectivity index (χ3n) is 8.44. The molecule has 3 heteroatoms. The predicted octanol–water partition coefficient (Wildman–Crippen LogP) is 7.89. The minimum Gasteiger partial charge on any atom is -0.205 e. The number of rotatable bonds is 5. The van der Waals surface area contributed by atoms with Crippen molar-refractivity contribution in [3.05, 3.63) is 34.9 Å². The zero-order valence-corrected chi connectivity index (χ0v) is 17.6. The highest BCUT2D eigenvalue weighted by atomic mass is 19.1. The van der Waals surface area contributed by atoms with Gasteiger partial charge in [-0.3, -0.25) is 0 Å². The average Bonchev–Trinajstić information content (AvgIpc) is 3.26. The maximum atomic E-state index is 14.0. The Bertz CT molecular complexity index is 692. The van der Waals surface area contributed by atoms with Crippen molar-refractivity contribution in [3.63, 3.8) is 0 Å². The normalized spacial score (nSPS) is 30.9. The fourth-order valence-electron chi connectivity index (χ4n) is 6.58. The zero-order chi connectivity index (χ0) is 20.2. The van der Waals surface area contributed by atoms with E-state index in [0.29, 0.717) is 0 Å². The third-order valence-corrected chi connectivity index (χ3v) is 8.44. The van der Waals surface area contributed by atoms with E-state index >= 15 is 0 Å². The molecular weight excluding hydrogens is 364 g/mol. The molecule has 0 spiro atoms. The molecule has 1 aromatic carbocycles. The summed E-state index contributed by atoms with van der Waals surface area (Å²) < 4.78 is 27.9. The Morgan fingerprint density at radius 1 is 0.724 bits per heavy atom. The maximum absolute atomic E-state index is 14.0. The predicted molar refractivity (Wildman–Crippen MR) is 112 cm³/mol. The van der Waals surface area contributed by atoms with Gasteiger partial charge in [0.05, 0.1) is 0 Å². The summed E-state index contributed by atoms with van der Waals surface area (Å²) in [6.45, 7) is 0. The standard InChI is InChI=1S/C26H35F2N/c27-25-15-23(16-26(28)24(25)17-29)22-13-11-21(12-14-22)20-9-7-19(8-10-20)6-5-18-3-1-2-4-18/h15-16,18-22H,1-14H2. The van der Waals surface area contributed by atoms with Crippen LogP contribution >= 0.6 is 0 Å². The lowest BCUT2D eigenvalue weighted by atomic mass is 9.67. The fourth-order valence-corrected chi connectivity index (χ4v) is 6.58. The quantitative estimate of drug-likeness (QED) is 0.494. The van der Waals surface area contributed by atoms with Crippen LogP contribution in [0.3, 0.4) is 0 Å². The molecule has 1 aromatic rings. The van der Waals surface area contributed by atoms with Gasteiger partial charge in [0.25, 0.3) is 0 Å². The number of nitrogens with zero attached hydrogens (tertiary/aromatic N) is 1. The van der Waals surface area contributed by atoms with E-state index in [4.69, 9.17) is 5.26 Å². The van der Waals surface area contributed by atoms with Crippen LogP contribution in [0, 0.1) is 46.6 Å². The Kier molecular flexibility index (Phi) is 6.88. The molecule has 0 bridgehead atoms. The van der Waals surface area contributed by atoms with E-state index in [0.717, 1.165) is 42.1 Å². The van der Waals surface area contributed by atoms with E-state index in [1.165, 1.54) is 89.2 Å². The lowest BCUT2D eigenvalue weighted by Gasteiger charge is -2.38. The van der Waals surface area contributed by atoms with Crippen LogP contribution in [0.4, 0.5) is 8.78 Å². The first-order chi connectivity index (χ1) is 14.1. The number of nitriles is 1. The van der Waals surface area contributed by atoms with Gasteiger partial charge in [0.1, 0.15) is 23.3 Å². The van der Waals surface area contributed by atoms with E-state index < -0.39 is 17.2 Å². The Hall–Kier alpha value is -1.43. The molecular formula is C26H35F2N. The minimum atomic E-state index is -0.708. The highest BCUT2D eigenvalue weighted by molar-refractivity contribution is 5.36. The number of halogens is 2. The highest BCUT2D eigenvalue weighted by Gasteiger charge is 2.32. The van der Waals surface area contributed by atoms with Crippen LogP contribution in [0.25, 0.3) is 0 Å². The maximum Gasteiger partial charge on any atom is 0.144 e. The van der Waals surface area contributed by atoms with Gasteiger partial charge >= 0.3 is 0 Å². The molecule has 4 rings (SSSR count). The first-order valence-corrected chi connectivity index (χ1v) is 12.0. The van der Waals surface area contributed by atoms with E-state index in [1.807, 2.05) is 0 Å². The van der Waals surface area contributed by atoms with Crippen LogP contribution in [-0.2, 0) is 0 Å².